The van der Waals surface area contributed by atoms with Gasteiger partial charge in [0.2, 0.25) is 0 Å². The number of hydrazone groups is 1. The van der Waals surface area contributed by atoms with Gasteiger partial charge in [0.25, 0.3) is 11.5 Å². The number of nitrogens with one attached hydrogen (secondary N) is 1. The molecule has 0 aromatic carbocycles. The van der Waals surface area contributed by atoms with Crippen LogP contribution in [-0.4, -0.2) is 97.4 Å². The molecule has 41 heavy (non-hydrogen) atoms. The van der Waals surface area contributed by atoms with Gasteiger partial charge in [-0.05, 0) is 38.8 Å². The van der Waals surface area contributed by atoms with E-state index in [4.69, 9.17) is 9.47 Å². The van der Waals surface area contributed by atoms with Crippen molar-refractivity contribution in [2.45, 2.75) is 38.8 Å². The Morgan fingerprint density at radius 3 is 2.12 bits per heavy atom. The van der Waals surface area contributed by atoms with Gasteiger partial charge in [-0.2, -0.15) is 5.10 Å². The number of ether oxygens (including phenoxy) is 2. The Labute approximate surface area is 236 Å². The number of H-pyrrole nitrogens is 1. The number of nitrogens with zero attached hydrogens (tertiary/aromatic N) is 3. The fourth-order valence-corrected chi connectivity index (χ4v) is 8.13. The summed E-state index contributed by atoms with van der Waals surface area (Å²) in [5.74, 6) is -2.89. The number of aromatic nitrogens is 2. The number of carbonyl (C=O) groups is 3. The summed E-state index contributed by atoms with van der Waals surface area (Å²) in [4.78, 5) is 51.1. The van der Waals surface area contributed by atoms with Gasteiger partial charge in [0.05, 0.1) is 59.4 Å². The quantitative estimate of drug-likeness (QED) is 0.229. The number of amides is 1. The molecule has 0 aliphatic carbocycles. The first-order valence-electron chi connectivity index (χ1n) is 12.9. The van der Waals surface area contributed by atoms with Crippen molar-refractivity contribution >= 4 is 49.3 Å². The first kappa shape index (κ1) is 30.2. The second-order valence-electron chi connectivity index (χ2n) is 9.55. The van der Waals surface area contributed by atoms with Gasteiger partial charge in [-0.1, -0.05) is 18.2 Å². The summed E-state index contributed by atoms with van der Waals surface area (Å²) in [6.07, 6.45) is 7.35. The van der Waals surface area contributed by atoms with E-state index in [2.05, 4.69) is 10.2 Å². The maximum absolute atomic E-state index is 13.1. The van der Waals surface area contributed by atoms with Gasteiger partial charge in [0.15, 0.2) is 31.1 Å². The summed E-state index contributed by atoms with van der Waals surface area (Å²) >= 11 is 0. The lowest BCUT2D eigenvalue weighted by Gasteiger charge is -2.17. The molecule has 4 heterocycles. The molecule has 222 valence electrons. The van der Waals surface area contributed by atoms with E-state index < -0.39 is 55.2 Å². The zero-order chi connectivity index (χ0) is 29.9. The van der Waals surface area contributed by atoms with E-state index in [9.17, 15) is 36.0 Å². The van der Waals surface area contributed by atoms with E-state index in [0.29, 0.717) is 0 Å². The molecule has 2 unspecified atom stereocenters. The van der Waals surface area contributed by atoms with E-state index in [-0.39, 0.29) is 71.6 Å². The van der Waals surface area contributed by atoms with Gasteiger partial charge in [-0.25, -0.2) is 36.1 Å². The third kappa shape index (κ3) is 6.59. The molecule has 14 nitrogen and oxygen atoms in total. The molecule has 2 saturated heterocycles. The zero-order valence-electron chi connectivity index (χ0n) is 22.4. The maximum atomic E-state index is 13.1. The lowest BCUT2D eigenvalue weighted by atomic mass is 10.1. The van der Waals surface area contributed by atoms with Crippen LogP contribution in [0.5, 0.6) is 0 Å². The standard InChI is InChI=1S/C25H30N4O10S2/c1-3-38-24(32)20-18(22(30)28(26-20)16-10-12-40(34,35)14-16)8-6-5-7-9-19-21(25(33)39-4-2)27-29(23(19)31)17-11-13-41(36,37)15-17/h5-9,16-17,26H,3-4,10-15H2,1-2H3/b7-5+,8-6+,19-9+. The highest BCUT2D eigenvalue weighted by atomic mass is 32.2. The second-order valence-corrected chi connectivity index (χ2v) is 14.0. The van der Waals surface area contributed by atoms with E-state index in [1.54, 1.807) is 13.8 Å². The number of rotatable bonds is 9. The summed E-state index contributed by atoms with van der Waals surface area (Å²) in [6.45, 7) is 3.30. The van der Waals surface area contributed by atoms with Gasteiger partial charge in [0.1, 0.15) is 0 Å². The van der Waals surface area contributed by atoms with E-state index in [1.165, 1.54) is 30.4 Å². The average Bonchev–Trinajstić information content (AvgIpc) is 3.63. The number of allylic oxidation sites excluding steroid dienone is 4. The van der Waals surface area contributed by atoms with Gasteiger partial charge >= 0.3 is 11.9 Å². The number of aromatic amines is 1. The van der Waals surface area contributed by atoms with Crippen LogP contribution < -0.4 is 5.56 Å². The van der Waals surface area contributed by atoms with Crippen LogP contribution in [0.3, 0.4) is 0 Å². The van der Waals surface area contributed by atoms with Crippen LogP contribution in [0.4, 0.5) is 0 Å². The average molecular weight is 611 g/mol. The maximum Gasteiger partial charge on any atom is 0.359 e. The second kappa shape index (κ2) is 12.0. The number of hydrogen-bond donors (Lipinski definition) is 1. The summed E-state index contributed by atoms with van der Waals surface area (Å²) in [6, 6.07) is -1.34. The molecular formula is C25H30N4O10S2. The smallest absolute Gasteiger partial charge is 0.359 e. The molecule has 3 aliphatic rings. The molecule has 0 bridgehead atoms. The summed E-state index contributed by atoms with van der Waals surface area (Å²) in [5, 5.41) is 7.77. The number of hydrogen-bond acceptors (Lipinski definition) is 11. The predicted octanol–water partition coefficient (Wildman–Crippen LogP) is 0.157. The van der Waals surface area contributed by atoms with Crippen LogP contribution in [0.25, 0.3) is 6.08 Å². The van der Waals surface area contributed by atoms with Gasteiger partial charge < -0.3 is 9.47 Å². The fraction of sp³-hybridized carbons (Fsp3) is 0.480. The summed E-state index contributed by atoms with van der Waals surface area (Å²) in [7, 11) is -6.61. The summed E-state index contributed by atoms with van der Waals surface area (Å²) in [5.41, 5.74) is -1.10. The lowest BCUT2D eigenvalue weighted by molar-refractivity contribution is -0.135. The van der Waals surface area contributed by atoms with E-state index in [0.717, 1.165) is 9.69 Å². The molecule has 2 atom stereocenters. The van der Waals surface area contributed by atoms with Gasteiger partial charge in [-0.3, -0.25) is 14.7 Å². The van der Waals surface area contributed by atoms with Crippen molar-refractivity contribution in [1.29, 1.82) is 0 Å². The van der Waals surface area contributed by atoms with Crippen LogP contribution in [-0.2, 0) is 38.7 Å². The molecule has 0 saturated carbocycles. The monoisotopic (exact) mass is 610 g/mol. The molecule has 16 heteroatoms. The van der Waals surface area contributed by atoms with Crippen molar-refractivity contribution in [3.05, 3.63) is 51.5 Å². The topological polar surface area (TPSA) is 191 Å². The Hall–Kier alpha value is -3.79. The highest BCUT2D eigenvalue weighted by molar-refractivity contribution is 7.91. The lowest BCUT2D eigenvalue weighted by Crippen LogP contribution is -2.34. The number of esters is 2. The largest absolute Gasteiger partial charge is 0.461 e. The van der Waals surface area contributed by atoms with Crippen LogP contribution in [0.15, 0.2) is 39.8 Å². The van der Waals surface area contributed by atoms with Crippen molar-refractivity contribution < 1.29 is 40.7 Å². The minimum absolute atomic E-state index is 0.0376. The molecule has 1 amide bonds. The van der Waals surface area contributed by atoms with Crippen molar-refractivity contribution in [3.8, 4) is 0 Å². The highest BCUT2D eigenvalue weighted by Crippen LogP contribution is 2.26. The van der Waals surface area contributed by atoms with Crippen LogP contribution in [0.1, 0.15) is 48.8 Å². The fourth-order valence-electron chi connectivity index (χ4n) is 4.73. The normalized spacial score (nSPS) is 24.5. The number of carbonyl (C=O) groups excluding carboxylic acids is 3. The third-order valence-electron chi connectivity index (χ3n) is 6.68. The van der Waals surface area contributed by atoms with Gasteiger partial charge in [-0.15, -0.1) is 0 Å². The van der Waals surface area contributed by atoms with Crippen molar-refractivity contribution in [1.82, 2.24) is 14.8 Å². The number of sulfone groups is 2. The molecule has 0 radical (unpaired) electrons. The minimum atomic E-state index is -3.31. The van der Waals surface area contributed by atoms with Crippen LogP contribution >= 0.6 is 0 Å². The van der Waals surface area contributed by atoms with Crippen molar-refractivity contribution in [2.24, 2.45) is 5.10 Å². The zero-order valence-corrected chi connectivity index (χ0v) is 24.1. The van der Waals surface area contributed by atoms with E-state index in [1.807, 2.05) is 0 Å². The van der Waals surface area contributed by atoms with Crippen molar-refractivity contribution in [2.75, 3.05) is 36.2 Å². The Bertz CT molecular complexity index is 1640. The molecule has 4 rings (SSSR count). The minimum Gasteiger partial charge on any atom is -0.461 e. The van der Waals surface area contributed by atoms with E-state index >= 15 is 0 Å². The van der Waals surface area contributed by atoms with Crippen molar-refractivity contribution in [3.63, 3.8) is 0 Å². The molecule has 3 aliphatic heterocycles. The summed E-state index contributed by atoms with van der Waals surface area (Å²) < 4.78 is 58.8. The first-order chi connectivity index (χ1) is 19.4. The molecule has 1 N–H and O–H groups in total. The van der Waals surface area contributed by atoms with Gasteiger partial charge in [0, 0.05) is 0 Å². The molecular weight excluding hydrogens is 580 g/mol. The van der Waals surface area contributed by atoms with Crippen LogP contribution in [0.2, 0.25) is 0 Å². The molecule has 2 fully saturated rings. The highest BCUT2D eigenvalue weighted by Gasteiger charge is 2.42. The Morgan fingerprint density at radius 2 is 1.54 bits per heavy atom. The Balaban J connectivity index is 1.59. The Kier molecular flexibility index (Phi) is 8.82. The molecule has 1 aromatic rings. The molecule has 1 aromatic heterocycles. The SMILES string of the molecule is CCOC(=O)C1=NN(C2CCS(=O)(=O)C2)C(=O)/C1=C/C=C/C=C/c1c(C(=O)OCC)[nH]n(C2CCS(=O)(=O)C2)c1=O. The van der Waals surface area contributed by atoms with Crippen LogP contribution in [0, 0.1) is 0 Å². The Morgan fingerprint density at radius 1 is 0.927 bits per heavy atom. The molecule has 0 spiro atoms. The first-order valence-corrected chi connectivity index (χ1v) is 16.6. The predicted molar refractivity (Wildman–Crippen MR) is 148 cm³/mol. The third-order valence-corrected chi connectivity index (χ3v) is 10.2.